The number of nitrogens with zero attached hydrogens (tertiary/aromatic N) is 2. The van der Waals surface area contributed by atoms with Gasteiger partial charge in [0.15, 0.2) is 0 Å². The van der Waals surface area contributed by atoms with Crippen LogP contribution in [-0.4, -0.2) is 8.97 Å². The van der Waals surface area contributed by atoms with Crippen molar-refractivity contribution in [2.24, 2.45) is 0 Å². The summed E-state index contributed by atoms with van der Waals surface area (Å²) in [5.41, 5.74) is 4.10. The predicted octanol–water partition coefficient (Wildman–Crippen LogP) is 2.58. The fourth-order valence-corrected chi connectivity index (χ4v) is 2.38. The summed E-state index contributed by atoms with van der Waals surface area (Å²) in [6.45, 7) is 4.76. The van der Waals surface area contributed by atoms with E-state index >= 15 is 0 Å². The highest BCUT2D eigenvalue weighted by Gasteiger charge is 2.08. The first-order chi connectivity index (χ1) is 8.22. The summed E-state index contributed by atoms with van der Waals surface area (Å²) >= 11 is 0. The Balaban J connectivity index is 2.67. The summed E-state index contributed by atoms with van der Waals surface area (Å²) in [6, 6.07) is 9.97. The van der Waals surface area contributed by atoms with Crippen molar-refractivity contribution in [1.29, 1.82) is 0 Å². The second-order valence-corrected chi connectivity index (χ2v) is 4.31. The molecule has 0 atom stereocenters. The molecule has 0 unspecified atom stereocenters. The van der Waals surface area contributed by atoms with Crippen molar-refractivity contribution < 1.29 is 0 Å². The van der Waals surface area contributed by atoms with E-state index in [1.54, 1.807) is 0 Å². The zero-order chi connectivity index (χ0) is 12.0. The van der Waals surface area contributed by atoms with Crippen LogP contribution in [0, 0.1) is 6.92 Å². The highest BCUT2D eigenvalue weighted by Crippen LogP contribution is 2.16. The van der Waals surface area contributed by atoms with Gasteiger partial charge in [0, 0.05) is 12.7 Å². The van der Waals surface area contributed by atoms with E-state index < -0.39 is 0 Å². The minimum absolute atomic E-state index is 0.0776. The van der Waals surface area contributed by atoms with Crippen LogP contribution in [-0.2, 0) is 6.54 Å². The molecule has 2 heterocycles. The Morgan fingerprint density at radius 2 is 1.94 bits per heavy atom. The van der Waals surface area contributed by atoms with E-state index in [1.807, 2.05) is 46.4 Å². The van der Waals surface area contributed by atoms with E-state index in [0.717, 1.165) is 16.6 Å². The van der Waals surface area contributed by atoms with Crippen molar-refractivity contribution in [3.63, 3.8) is 0 Å². The zero-order valence-electron chi connectivity index (χ0n) is 9.97. The van der Waals surface area contributed by atoms with Crippen LogP contribution in [0.2, 0.25) is 0 Å². The van der Waals surface area contributed by atoms with Crippen molar-refractivity contribution in [1.82, 2.24) is 8.97 Å². The van der Waals surface area contributed by atoms with Gasteiger partial charge in [-0.25, -0.2) is 0 Å². The van der Waals surface area contributed by atoms with Crippen LogP contribution in [0.1, 0.15) is 12.5 Å². The lowest BCUT2D eigenvalue weighted by molar-refractivity contribution is 0.759. The van der Waals surface area contributed by atoms with Gasteiger partial charge >= 0.3 is 0 Å². The Morgan fingerprint density at radius 1 is 1.12 bits per heavy atom. The topological polar surface area (TPSA) is 26.4 Å². The van der Waals surface area contributed by atoms with Gasteiger partial charge in [-0.15, -0.1) is 0 Å². The quantitative estimate of drug-likeness (QED) is 0.626. The highest BCUT2D eigenvalue weighted by molar-refractivity contribution is 5.79. The molecule has 3 rings (SSSR count). The third kappa shape index (κ3) is 1.32. The molecule has 3 aromatic rings. The second-order valence-electron chi connectivity index (χ2n) is 4.31. The van der Waals surface area contributed by atoms with Gasteiger partial charge in [0.1, 0.15) is 5.52 Å². The Hall–Kier alpha value is -2.03. The summed E-state index contributed by atoms with van der Waals surface area (Å²) < 4.78 is 3.79. The molecular formula is C14H14N2O. The minimum atomic E-state index is 0.0776. The van der Waals surface area contributed by atoms with Crippen LogP contribution in [0.25, 0.3) is 16.6 Å². The van der Waals surface area contributed by atoms with Crippen molar-refractivity contribution in [3.05, 3.63) is 52.4 Å². The molecule has 0 aliphatic carbocycles. The maximum Gasteiger partial charge on any atom is 0.275 e. The standard InChI is InChI=1S/C14H14N2O/c1-3-15-11-7-6-10(2)9-13(11)16-8-4-5-12(16)14(15)17/h4-9H,3H2,1-2H3. The van der Waals surface area contributed by atoms with Crippen molar-refractivity contribution in [2.75, 3.05) is 0 Å². The zero-order valence-corrected chi connectivity index (χ0v) is 9.97. The molecule has 0 spiro atoms. The number of aryl methyl sites for hydroxylation is 2. The third-order valence-corrected chi connectivity index (χ3v) is 3.21. The predicted molar refractivity (Wildman–Crippen MR) is 69.6 cm³/mol. The maximum atomic E-state index is 12.3. The molecule has 0 radical (unpaired) electrons. The van der Waals surface area contributed by atoms with Gasteiger partial charge in [0.05, 0.1) is 11.0 Å². The van der Waals surface area contributed by atoms with Crippen LogP contribution < -0.4 is 5.56 Å². The van der Waals surface area contributed by atoms with E-state index in [-0.39, 0.29) is 5.56 Å². The summed E-state index contributed by atoms with van der Waals surface area (Å²) in [6.07, 6.45) is 1.94. The van der Waals surface area contributed by atoms with Gasteiger partial charge in [-0.3, -0.25) is 4.79 Å². The number of benzene rings is 1. The van der Waals surface area contributed by atoms with Gasteiger partial charge in [0.25, 0.3) is 5.56 Å². The third-order valence-electron chi connectivity index (χ3n) is 3.21. The molecule has 0 saturated carbocycles. The largest absolute Gasteiger partial charge is 0.310 e. The Morgan fingerprint density at radius 3 is 2.71 bits per heavy atom. The van der Waals surface area contributed by atoms with Gasteiger partial charge in [-0.2, -0.15) is 0 Å². The van der Waals surface area contributed by atoms with E-state index in [0.29, 0.717) is 6.54 Å². The maximum absolute atomic E-state index is 12.3. The Kier molecular flexibility index (Phi) is 2.08. The summed E-state index contributed by atoms with van der Waals surface area (Å²) in [4.78, 5) is 12.3. The van der Waals surface area contributed by atoms with Gasteiger partial charge < -0.3 is 8.97 Å². The minimum Gasteiger partial charge on any atom is -0.310 e. The normalized spacial score (nSPS) is 11.4. The van der Waals surface area contributed by atoms with Crippen LogP contribution in [0.15, 0.2) is 41.3 Å². The molecule has 86 valence electrons. The smallest absolute Gasteiger partial charge is 0.275 e. The lowest BCUT2D eigenvalue weighted by Crippen LogP contribution is -2.21. The average molecular weight is 226 g/mol. The molecule has 0 bridgehead atoms. The van der Waals surface area contributed by atoms with Crippen LogP contribution in [0.4, 0.5) is 0 Å². The van der Waals surface area contributed by atoms with Gasteiger partial charge in [0.2, 0.25) is 0 Å². The molecule has 0 aliphatic rings. The van der Waals surface area contributed by atoms with E-state index in [2.05, 4.69) is 13.0 Å². The Labute approximate surface area is 98.9 Å². The molecule has 1 aromatic carbocycles. The van der Waals surface area contributed by atoms with E-state index in [1.165, 1.54) is 5.56 Å². The van der Waals surface area contributed by atoms with Crippen LogP contribution >= 0.6 is 0 Å². The monoisotopic (exact) mass is 226 g/mol. The molecule has 0 amide bonds. The lowest BCUT2D eigenvalue weighted by Gasteiger charge is -2.11. The Bertz CT molecular complexity index is 765. The molecule has 17 heavy (non-hydrogen) atoms. The van der Waals surface area contributed by atoms with Crippen molar-refractivity contribution in [2.45, 2.75) is 20.4 Å². The molecule has 2 aromatic heterocycles. The molecule has 3 nitrogen and oxygen atoms in total. The summed E-state index contributed by atoms with van der Waals surface area (Å²) in [7, 11) is 0. The molecule has 0 saturated heterocycles. The average Bonchev–Trinajstić information content (AvgIpc) is 2.80. The SMILES string of the molecule is CCn1c(=O)c2cccn2c2cc(C)ccc21. The molecular weight excluding hydrogens is 212 g/mol. The van der Waals surface area contributed by atoms with Crippen molar-refractivity contribution in [3.8, 4) is 0 Å². The number of hydrogen-bond donors (Lipinski definition) is 0. The first kappa shape index (κ1) is 10.1. The van der Waals surface area contributed by atoms with Gasteiger partial charge in [-0.05, 0) is 43.7 Å². The number of rotatable bonds is 1. The molecule has 3 heteroatoms. The first-order valence-electron chi connectivity index (χ1n) is 5.82. The summed E-state index contributed by atoms with van der Waals surface area (Å²) in [5, 5.41) is 0. The molecule has 0 aliphatic heterocycles. The number of hydrogen-bond acceptors (Lipinski definition) is 1. The second kappa shape index (κ2) is 3.48. The number of aromatic nitrogens is 2. The molecule has 0 fully saturated rings. The van der Waals surface area contributed by atoms with Gasteiger partial charge in [-0.1, -0.05) is 6.07 Å². The fourth-order valence-electron chi connectivity index (χ4n) is 2.38. The van der Waals surface area contributed by atoms with E-state index in [9.17, 15) is 4.79 Å². The van der Waals surface area contributed by atoms with Crippen LogP contribution in [0.3, 0.4) is 0 Å². The summed E-state index contributed by atoms with van der Waals surface area (Å²) in [5.74, 6) is 0. The first-order valence-corrected chi connectivity index (χ1v) is 5.82. The fraction of sp³-hybridized carbons (Fsp3) is 0.214. The number of fused-ring (bicyclic) bond motifs is 3. The highest BCUT2D eigenvalue weighted by atomic mass is 16.1. The van der Waals surface area contributed by atoms with E-state index in [4.69, 9.17) is 0 Å². The van der Waals surface area contributed by atoms with Crippen molar-refractivity contribution >= 4 is 16.6 Å². The van der Waals surface area contributed by atoms with Crippen LogP contribution in [0.5, 0.6) is 0 Å². The molecule has 0 N–H and O–H groups in total. The lowest BCUT2D eigenvalue weighted by atomic mass is 10.2.